The Morgan fingerprint density at radius 3 is 2.44 bits per heavy atom. The molecule has 6 nitrogen and oxygen atoms in total. The summed E-state index contributed by atoms with van der Waals surface area (Å²) in [4.78, 5) is 6.89. The number of aliphatic imine (C=N–C) groups is 1. The molecule has 0 amide bonds. The van der Waals surface area contributed by atoms with Gasteiger partial charge in [0.15, 0.2) is 5.96 Å². The maximum Gasteiger partial charge on any atom is 0.191 e. The minimum Gasteiger partial charge on any atom is -0.355 e. The molecule has 1 aliphatic heterocycles. The molecule has 0 spiro atoms. The van der Waals surface area contributed by atoms with Crippen molar-refractivity contribution in [3.05, 3.63) is 17.0 Å². The zero-order valence-electron chi connectivity index (χ0n) is 16.3. The lowest BCUT2D eigenvalue weighted by molar-refractivity contribution is 0.232. The molecule has 0 aliphatic carbocycles. The van der Waals surface area contributed by atoms with E-state index in [1.54, 1.807) is 0 Å². The lowest BCUT2D eigenvalue weighted by Crippen LogP contribution is -2.42. The highest BCUT2D eigenvalue weighted by Gasteiger charge is 2.14. The molecule has 1 saturated heterocycles. The number of hydrogen-bond donors (Lipinski definition) is 2. The van der Waals surface area contributed by atoms with Crippen molar-refractivity contribution in [3.63, 3.8) is 0 Å². The van der Waals surface area contributed by atoms with Gasteiger partial charge in [0.05, 0.1) is 5.69 Å². The Bertz CT molecular complexity index is 534. The lowest BCUT2D eigenvalue weighted by Gasteiger charge is -2.26. The van der Waals surface area contributed by atoms with Crippen molar-refractivity contribution in [2.75, 3.05) is 33.2 Å². The second kappa shape index (κ2) is 11.7. The monoisotopic (exact) mass is 462 g/mol. The largest absolute Gasteiger partial charge is 0.355 e. The maximum absolute atomic E-state index is 4.64. The first-order valence-electron chi connectivity index (χ1n) is 9.40. The fourth-order valence-electron chi connectivity index (χ4n) is 3.50. The first-order valence-corrected chi connectivity index (χ1v) is 9.40. The minimum atomic E-state index is 0. The molecule has 0 saturated carbocycles. The third-order valence-electron chi connectivity index (χ3n) is 4.85. The SMILES string of the molecule is CCc1nn(C)c(CC)c1CNC(=NC)NCCN1CCCCC1.I. The van der Waals surface area contributed by atoms with Crippen LogP contribution in [0.2, 0.25) is 0 Å². The van der Waals surface area contributed by atoms with Gasteiger partial charge >= 0.3 is 0 Å². The number of halogens is 1. The fourth-order valence-corrected chi connectivity index (χ4v) is 3.50. The van der Waals surface area contributed by atoms with Gasteiger partial charge in [-0.15, -0.1) is 24.0 Å². The van der Waals surface area contributed by atoms with E-state index >= 15 is 0 Å². The van der Waals surface area contributed by atoms with Crippen molar-refractivity contribution in [2.45, 2.75) is 52.5 Å². The van der Waals surface area contributed by atoms with Gasteiger partial charge in [-0.2, -0.15) is 5.10 Å². The van der Waals surface area contributed by atoms with Crippen molar-refractivity contribution in [2.24, 2.45) is 12.0 Å². The van der Waals surface area contributed by atoms with Gasteiger partial charge in [-0.1, -0.05) is 20.3 Å². The van der Waals surface area contributed by atoms with E-state index in [-0.39, 0.29) is 24.0 Å². The highest BCUT2D eigenvalue weighted by atomic mass is 127. The quantitative estimate of drug-likeness (QED) is 0.371. The van der Waals surface area contributed by atoms with E-state index in [1.807, 2.05) is 18.8 Å². The van der Waals surface area contributed by atoms with Crippen molar-refractivity contribution >= 4 is 29.9 Å². The summed E-state index contributed by atoms with van der Waals surface area (Å²) >= 11 is 0. The van der Waals surface area contributed by atoms with Crippen LogP contribution in [0.1, 0.15) is 50.1 Å². The van der Waals surface area contributed by atoms with E-state index < -0.39 is 0 Å². The molecule has 2 heterocycles. The van der Waals surface area contributed by atoms with E-state index in [9.17, 15) is 0 Å². The zero-order valence-corrected chi connectivity index (χ0v) is 18.6. The number of nitrogens with zero attached hydrogens (tertiary/aromatic N) is 4. The average Bonchev–Trinajstić information content (AvgIpc) is 2.93. The predicted molar refractivity (Wildman–Crippen MR) is 116 cm³/mol. The van der Waals surface area contributed by atoms with Crippen LogP contribution in [0.3, 0.4) is 0 Å². The molecule has 7 heteroatoms. The number of rotatable bonds is 7. The van der Waals surface area contributed by atoms with Gasteiger partial charge in [0.2, 0.25) is 0 Å². The van der Waals surface area contributed by atoms with Crippen LogP contribution in [0.5, 0.6) is 0 Å². The minimum absolute atomic E-state index is 0. The molecule has 1 aliphatic rings. The Hall–Kier alpha value is -0.830. The molecule has 1 aromatic rings. The van der Waals surface area contributed by atoms with Gasteiger partial charge in [-0.25, -0.2) is 0 Å². The highest BCUT2D eigenvalue weighted by molar-refractivity contribution is 14.0. The topological polar surface area (TPSA) is 57.5 Å². The molecule has 0 atom stereocenters. The molecule has 0 unspecified atom stereocenters. The predicted octanol–water partition coefficient (Wildman–Crippen LogP) is 2.31. The summed E-state index contributed by atoms with van der Waals surface area (Å²) in [5.74, 6) is 0.875. The summed E-state index contributed by atoms with van der Waals surface area (Å²) in [7, 11) is 3.87. The van der Waals surface area contributed by atoms with Crippen LogP contribution < -0.4 is 10.6 Å². The Kier molecular flexibility index (Phi) is 10.4. The summed E-state index contributed by atoms with van der Waals surface area (Å²) in [6, 6.07) is 0. The van der Waals surface area contributed by atoms with Crippen molar-refractivity contribution in [1.29, 1.82) is 0 Å². The Balaban J connectivity index is 0.00000312. The summed E-state index contributed by atoms with van der Waals surface area (Å²) in [6.45, 7) is 9.64. The van der Waals surface area contributed by atoms with Crippen molar-refractivity contribution in [1.82, 2.24) is 25.3 Å². The fraction of sp³-hybridized carbons (Fsp3) is 0.778. The Labute approximate surface area is 169 Å². The van der Waals surface area contributed by atoms with Crippen LogP contribution in [0.4, 0.5) is 0 Å². The maximum atomic E-state index is 4.64. The Morgan fingerprint density at radius 2 is 1.84 bits per heavy atom. The average molecular weight is 462 g/mol. The van der Waals surface area contributed by atoms with Gasteiger partial charge in [0, 0.05) is 45.0 Å². The molecular formula is C18H35IN6. The highest BCUT2D eigenvalue weighted by Crippen LogP contribution is 2.15. The molecule has 1 fully saturated rings. The van der Waals surface area contributed by atoms with Gasteiger partial charge in [-0.05, 0) is 38.8 Å². The van der Waals surface area contributed by atoms with Crippen LogP contribution in [-0.2, 0) is 26.4 Å². The number of nitrogens with one attached hydrogen (secondary N) is 2. The molecule has 1 aromatic heterocycles. The molecule has 144 valence electrons. The summed E-state index contributed by atoms with van der Waals surface area (Å²) in [5.41, 5.74) is 3.82. The normalized spacial score (nSPS) is 15.8. The van der Waals surface area contributed by atoms with Crippen LogP contribution in [-0.4, -0.2) is 53.9 Å². The van der Waals surface area contributed by atoms with Gasteiger partial charge in [-0.3, -0.25) is 9.67 Å². The third kappa shape index (κ3) is 6.44. The zero-order chi connectivity index (χ0) is 17.4. The molecule has 0 bridgehead atoms. The Morgan fingerprint density at radius 1 is 1.12 bits per heavy atom. The van der Waals surface area contributed by atoms with Crippen LogP contribution in [0, 0.1) is 0 Å². The standard InChI is InChI=1S/C18H34N6.HI/c1-5-16-15(17(6-2)23(4)22-16)14-21-18(19-3)20-10-13-24-11-8-7-9-12-24;/h5-14H2,1-4H3,(H2,19,20,21);1H. The second-order valence-electron chi connectivity index (χ2n) is 6.46. The first-order chi connectivity index (χ1) is 11.7. The van der Waals surface area contributed by atoms with Gasteiger partial charge in [0.1, 0.15) is 0 Å². The van der Waals surface area contributed by atoms with E-state index in [0.717, 1.165) is 38.4 Å². The van der Waals surface area contributed by atoms with Crippen LogP contribution >= 0.6 is 24.0 Å². The number of likely N-dealkylation sites (tertiary alicyclic amines) is 1. The number of aromatic nitrogens is 2. The summed E-state index contributed by atoms with van der Waals surface area (Å²) < 4.78 is 2.02. The molecule has 0 radical (unpaired) electrons. The molecule has 25 heavy (non-hydrogen) atoms. The first kappa shape index (κ1) is 22.2. The van der Waals surface area contributed by atoms with E-state index in [4.69, 9.17) is 0 Å². The number of guanidine groups is 1. The molecular weight excluding hydrogens is 427 g/mol. The smallest absolute Gasteiger partial charge is 0.191 e. The van der Waals surface area contributed by atoms with E-state index in [0.29, 0.717) is 0 Å². The van der Waals surface area contributed by atoms with Gasteiger partial charge < -0.3 is 15.5 Å². The molecule has 2 N–H and O–H groups in total. The summed E-state index contributed by atoms with van der Waals surface area (Å²) in [6.07, 6.45) is 6.03. The van der Waals surface area contributed by atoms with Crippen LogP contribution in [0.25, 0.3) is 0 Å². The van der Waals surface area contributed by atoms with E-state index in [1.165, 1.54) is 49.3 Å². The number of hydrogen-bond acceptors (Lipinski definition) is 3. The van der Waals surface area contributed by atoms with Crippen molar-refractivity contribution < 1.29 is 0 Å². The number of piperidine rings is 1. The van der Waals surface area contributed by atoms with Crippen LogP contribution in [0.15, 0.2) is 4.99 Å². The van der Waals surface area contributed by atoms with Crippen molar-refractivity contribution in [3.8, 4) is 0 Å². The van der Waals surface area contributed by atoms with E-state index in [2.05, 4.69) is 39.5 Å². The van der Waals surface area contributed by atoms with Gasteiger partial charge in [0.25, 0.3) is 0 Å². The second-order valence-corrected chi connectivity index (χ2v) is 6.46. The molecule has 0 aromatic carbocycles. The summed E-state index contributed by atoms with van der Waals surface area (Å²) in [5, 5.41) is 11.5. The molecule has 2 rings (SSSR count). The third-order valence-corrected chi connectivity index (χ3v) is 4.85. The lowest BCUT2D eigenvalue weighted by atomic mass is 10.1. The number of aryl methyl sites for hydroxylation is 2.